The van der Waals surface area contributed by atoms with Crippen molar-refractivity contribution >= 4 is 12.0 Å². The van der Waals surface area contributed by atoms with Crippen LogP contribution in [-0.2, 0) is 11.2 Å². The molecule has 0 aromatic carbocycles. The highest BCUT2D eigenvalue weighted by Gasteiger charge is 2.32. The Morgan fingerprint density at radius 2 is 2.29 bits per heavy atom. The van der Waals surface area contributed by atoms with E-state index >= 15 is 0 Å². The predicted molar refractivity (Wildman–Crippen MR) is 76.9 cm³/mol. The van der Waals surface area contributed by atoms with Crippen LogP contribution in [0.4, 0.5) is 4.79 Å². The van der Waals surface area contributed by atoms with E-state index in [0.717, 1.165) is 18.6 Å². The van der Waals surface area contributed by atoms with E-state index in [0.29, 0.717) is 19.4 Å². The van der Waals surface area contributed by atoms with Crippen LogP contribution in [0, 0.1) is 11.8 Å². The fraction of sp³-hybridized carbons (Fsp3) is 0.600. The number of urea groups is 1. The lowest BCUT2D eigenvalue weighted by atomic mass is 9.96. The molecule has 0 radical (unpaired) electrons. The van der Waals surface area contributed by atoms with Crippen LogP contribution in [0.25, 0.3) is 0 Å². The molecule has 0 bridgehead atoms. The molecule has 0 saturated heterocycles. The molecule has 1 heterocycles. The van der Waals surface area contributed by atoms with Crippen LogP contribution in [0.5, 0.6) is 0 Å². The summed E-state index contributed by atoms with van der Waals surface area (Å²) in [6.07, 6.45) is 4.72. The maximum absolute atomic E-state index is 11.8. The van der Waals surface area contributed by atoms with Gasteiger partial charge < -0.3 is 20.2 Å². The highest BCUT2D eigenvalue weighted by Crippen LogP contribution is 2.31. The molecule has 3 unspecified atom stereocenters. The molecule has 2 amide bonds. The average molecular weight is 294 g/mol. The Morgan fingerprint density at radius 1 is 1.48 bits per heavy atom. The summed E-state index contributed by atoms with van der Waals surface area (Å²) in [6.45, 7) is 2.31. The molecule has 6 heteroatoms. The molecule has 1 aliphatic rings. The molecule has 1 aliphatic carbocycles. The highest BCUT2D eigenvalue weighted by atomic mass is 16.4. The van der Waals surface area contributed by atoms with Gasteiger partial charge in [-0.05, 0) is 37.8 Å². The number of hydrogen-bond acceptors (Lipinski definition) is 3. The summed E-state index contributed by atoms with van der Waals surface area (Å²) in [5.74, 6) is -0.227. The first kappa shape index (κ1) is 15.4. The molecule has 3 atom stereocenters. The molecule has 21 heavy (non-hydrogen) atoms. The number of furan rings is 1. The van der Waals surface area contributed by atoms with E-state index < -0.39 is 5.97 Å². The third-order valence-corrected chi connectivity index (χ3v) is 3.97. The summed E-state index contributed by atoms with van der Waals surface area (Å²) in [5.41, 5.74) is 0. The minimum absolute atomic E-state index is 0.0358. The van der Waals surface area contributed by atoms with E-state index in [2.05, 4.69) is 10.6 Å². The van der Waals surface area contributed by atoms with Crippen LogP contribution in [0.2, 0.25) is 0 Å². The van der Waals surface area contributed by atoms with E-state index in [9.17, 15) is 9.59 Å². The number of amides is 2. The van der Waals surface area contributed by atoms with E-state index in [-0.39, 0.29) is 23.9 Å². The smallest absolute Gasteiger partial charge is 0.315 e. The third kappa shape index (κ3) is 4.51. The first-order valence-electron chi connectivity index (χ1n) is 7.36. The minimum atomic E-state index is -0.758. The SMILES string of the molecule is CC(Cc1ccco1)NC(=O)NCC1CCCC1C(=O)O. The van der Waals surface area contributed by atoms with Gasteiger partial charge in [-0.25, -0.2) is 4.79 Å². The molecule has 0 spiro atoms. The van der Waals surface area contributed by atoms with Crippen molar-refractivity contribution in [3.05, 3.63) is 24.2 Å². The van der Waals surface area contributed by atoms with E-state index in [1.807, 2.05) is 19.1 Å². The van der Waals surface area contributed by atoms with E-state index in [1.54, 1.807) is 6.26 Å². The van der Waals surface area contributed by atoms with Crippen LogP contribution < -0.4 is 10.6 Å². The number of carboxylic acids is 1. The Morgan fingerprint density at radius 3 is 2.95 bits per heavy atom. The molecule has 2 rings (SSSR count). The normalized spacial score (nSPS) is 22.7. The van der Waals surface area contributed by atoms with Gasteiger partial charge in [-0.1, -0.05) is 6.42 Å². The van der Waals surface area contributed by atoms with Gasteiger partial charge in [0, 0.05) is 19.0 Å². The van der Waals surface area contributed by atoms with Crippen LogP contribution in [-0.4, -0.2) is 29.7 Å². The first-order chi connectivity index (χ1) is 10.1. The van der Waals surface area contributed by atoms with Crippen molar-refractivity contribution in [2.45, 2.75) is 38.6 Å². The van der Waals surface area contributed by atoms with Crippen molar-refractivity contribution in [2.75, 3.05) is 6.54 Å². The van der Waals surface area contributed by atoms with Gasteiger partial charge in [-0.15, -0.1) is 0 Å². The number of carbonyl (C=O) groups is 2. The number of carboxylic acid groups (broad SMARTS) is 1. The quantitative estimate of drug-likeness (QED) is 0.748. The Kier molecular flexibility index (Phi) is 5.25. The van der Waals surface area contributed by atoms with Crippen LogP contribution >= 0.6 is 0 Å². The van der Waals surface area contributed by atoms with Gasteiger partial charge in [0.05, 0.1) is 12.2 Å². The summed E-state index contributed by atoms with van der Waals surface area (Å²) in [6, 6.07) is 3.38. The largest absolute Gasteiger partial charge is 0.481 e. The Bertz CT molecular complexity index is 472. The van der Waals surface area contributed by atoms with Gasteiger partial charge in [0.25, 0.3) is 0 Å². The molecule has 3 N–H and O–H groups in total. The second kappa shape index (κ2) is 7.15. The zero-order chi connectivity index (χ0) is 15.2. The summed E-state index contributed by atoms with van der Waals surface area (Å²) in [7, 11) is 0. The fourth-order valence-corrected chi connectivity index (χ4v) is 2.89. The van der Waals surface area contributed by atoms with E-state index in [4.69, 9.17) is 9.52 Å². The van der Waals surface area contributed by atoms with Crippen LogP contribution in [0.1, 0.15) is 31.9 Å². The van der Waals surface area contributed by atoms with Crippen molar-refractivity contribution in [1.29, 1.82) is 0 Å². The lowest BCUT2D eigenvalue weighted by Crippen LogP contribution is -2.44. The number of carbonyl (C=O) groups excluding carboxylic acids is 1. The molecule has 1 saturated carbocycles. The van der Waals surface area contributed by atoms with E-state index in [1.165, 1.54) is 0 Å². The Labute approximate surface area is 123 Å². The summed E-state index contributed by atoms with van der Waals surface area (Å²) >= 11 is 0. The van der Waals surface area contributed by atoms with Crippen molar-refractivity contribution < 1.29 is 19.1 Å². The summed E-state index contributed by atoms with van der Waals surface area (Å²) in [4.78, 5) is 22.9. The van der Waals surface area contributed by atoms with Crippen molar-refractivity contribution in [2.24, 2.45) is 11.8 Å². The minimum Gasteiger partial charge on any atom is -0.481 e. The maximum Gasteiger partial charge on any atom is 0.315 e. The second-order valence-corrected chi connectivity index (χ2v) is 5.67. The Balaban J connectivity index is 1.70. The topological polar surface area (TPSA) is 91.6 Å². The molecule has 6 nitrogen and oxygen atoms in total. The zero-order valence-corrected chi connectivity index (χ0v) is 12.2. The van der Waals surface area contributed by atoms with Crippen molar-refractivity contribution in [3.63, 3.8) is 0 Å². The van der Waals surface area contributed by atoms with Crippen LogP contribution in [0.3, 0.4) is 0 Å². The summed E-state index contributed by atoms with van der Waals surface area (Å²) < 4.78 is 5.23. The molecule has 1 aromatic rings. The monoisotopic (exact) mass is 294 g/mol. The maximum atomic E-state index is 11.8. The summed E-state index contributed by atoms with van der Waals surface area (Å²) in [5, 5.41) is 14.7. The number of aliphatic carboxylic acids is 1. The number of rotatable bonds is 6. The van der Waals surface area contributed by atoms with Gasteiger partial charge in [-0.3, -0.25) is 4.79 Å². The predicted octanol–water partition coefficient (Wildman–Crippen LogP) is 2.01. The lowest BCUT2D eigenvalue weighted by molar-refractivity contribution is -0.142. The van der Waals surface area contributed by atoms with Gasteiger partial charge >= 0.3 is 12.0 Å². The average Bonchev–Trinajstić information content (AvgIpc) is 3.06. The van der Waals surface area contributed by atoms with Crippen LogP contribution in [0.15, 0.2) is 22.8 Å². The van der Waals surface area contributed by atoms with Gasteiger partial charge in [0.2, 0.25) is 0 Å². The molecule has 1 aromatic heterocycles. The van der Waals surface area contributed by atoms with Gasteiger partial charge in [0.15, 0.2) is 0 Å². The molecular weight excluding hydrogens is 272 g/mol. The Hall–Kier alpha value is -1.98. The second-order valence-electron chi connectivity index (χ2n) is 5.67. The molecular formula is C15H22N2O4. The third-order valence-electron chi connectivity index (χ3n) is 3.97. The molecule has 0 aliphatic heterocycles. The van der Waals surface area contributed by atoms with Gasteiger partial charge in [-0.2, -0.15) is 0 Å². The highest BCUT2D eigenvalue weighted by molar-refractivity contribution is 5.74. The number of nitrogens with one attached hydrogen (secondary N) is 2. The lowest BCUT2D eigenvalue weighted by Gasteiger charge is -2.18. The first-order valence-corrected chi connectivity index (χ1v) is 7.36. The van der Waals surface area contributed by atoms with Crippen molar-refractivity contribution in [1.82, 2.24) is 10.6 Å². The zero-order valence-electron chi connectivity index (χ0n) is 12.2. The standard InChI is InChI=1S/C15H22N2O4/c1-10(8-12-5-3-7-21-12)17-15(20)16-9-11-4-2-6-13(11)14(18)19/h3,5,7,10-11,13H,2,4,6,8-9H2,1H3,(H,18,19)(H2,16,17,20). The molecule has 1 fully saturated rings. The van der Waals surface area contributed by atoms with Gasteiger partial charge in [0.1, 0.15) is 5.76 Å². The van der Waals surface area contributed by atoms with Crippen molar-refractivity contribution in [3.8, 4) is 0 Å². The number of hydrogen-bond donors (Lipinski definition) is 3. The molecule has 116 valence electrons. The fourth-order valence-electron chi connectivity index (χ4n) is 2.89.